The van der Waals surface area contributed by atoms with E-state index in [1.54, 1.807) is 0 Å². The molecule has 0 aromatic heterocycles. The summed E-state index contributed by atoms with van der Waals surface area (Å²) < 4.78 is 46.4. The highest BCUT2D eigenvalue weighted by atomic mass is 32.2. The van der Waals surface area contributed by atoms with Gasteiger partial charge in [-0.25, -0.2) is 16.8 Å². The van der Waals surface area contributed by atoms with E-state index in [0.717, 1.165) is 17.4 Å². The molecular weight excluding hydrogens is 310 g/mol. The van der Waals surface area contributed by atoms with Crippen molar-refractivity contribution in [1.82, 2.24) is 5.32 Å². The van der Waals surface area contributed by atoms with Crippen LogP contribution in [0.2, 0.25) is 0 Å². The average Bonchev–Trinajstić information content (AvgIpc) is 2.36. The zero-order valence-electron chi connectivity index (χ0n) is 12.7. The Labute approximate surface area is 127 Å². The number of aryl methyl sites for hydroxylation is 1. The van der Waals surface area contributed by atoms with E-state index in [9.17, 15) is 16.8 Å². The van der Waals surface area contributed by atoms with Gasteiger partial charge in [-0.2, -0.15) is 0 Å². The molecule has 0 bridgehead atoms. The molecule has 0 amide bonds. The summed E-state index contributed by atoms with van der Waals surface area (Å²) >= 11 is 0. The molecule has 0 fully saturated rings. The molecule has 21 heavy (non-hydrogen) atoms. The summed E-state index contributed by atoms with van der Waals surface area (Å²) in [5.41, 5.74) is 2.00. The van der Waals surface area contributed by atoms with Crippen molar-refractivity contribution in [2.45, 2.75) is 19.9 Å². The highest BCUT2D eigenvalue weighted by Gasteiger charge is 2.21. The van der Waals surface area contributed by atoms with Gasteiger partial charge in [0.15, 0.2) is 9.84 Å². The van der Waals surface area contributed by atoms with Gasteiger partial charge in [-0.3, -0.25) is 0 Å². The fraction of sp³-hybridized carbons (Fsp3) is 0.571. The van der Waals surface area contributed by atoms with Crippen molar-refractivity contribution < 1.29 is 16.8 Å². The van der Waals surface area contributed by atoms with Crippen molar-refractivity contribution in [3.8, 4) is 0 Å². The highest BCUT2D eigenvalue weighted by molar-refractivity contribution is 7.94. The van der Waals surface area contributed by atoms with E-state index in [2.05, 4.69) is 5.32 Å². The maximum atomic E-state index is 12.1. The Bertz CT molecular complexity index is 649. The van der Waals surface area contributed by atoms with Gasteiger partial charge in [0.05, 0.1) is 17.3 Å². The summed E-state index contributed by atoms with van der Waals surface area (Å²) in [6, 6.07) is 7.34. The van der Waals surface area contributed by atoms with Gasteiger partial charge in [0.2, 0.25) is 0 Å². The van der Waals surface area contributed by atoms with Gasteiger partial charge >= 0.3 is 0 Å². The minimum absolute atomic E-state index is 0.0978. The van der Waals surface area contributed by atoms with Crippen LogP contribution in [0.15, 0.2) is 24.3 Å². The topological polar surface area (TPSA) is 80.3 Å². The zero-order chi connectivity index (χ0) is 16.1. The predicted molar refractivity (Wildman–Crippen MR) is 86.0 cm³/mol. The minimum atomic E-state index is -3.44. The fourth-order valence-electron chi connectivity index (χ4n) is 1.93. The number of sulfone groups is 2. The average molecular weight is 333 g/mol. The summed E-state index contributed by atoms with van der Waals surface area (Å²) in [6.07, 6.45) is 1.05. The third-order valence-corrected chi connectivity index (χ3v) is 5.99. The van der Waals surface area contributed by atoms with Gasteiger partial charge in [0, 0.05) is 12.3 Å². The second kappa shape index (κ2) is 7.38. The number of hydrogen-bond donors (Lipinski definition) is 1. The summed E-state index contributed by atoms with van der Waals surface area (Å²) in [6.45, 7) is 4.51. The van der Waals surface area contributed by atoms with Crippen LogP contribution in [0.3, 0.4) is 0 Å². The van der Waals surface area contributed by atoms with Crippen molar-refractivity contribution in [1.29, 1.82) is 0 Å². The molecule has 1 aromatic carbocycles. The van der Waals surface area contributed by atoms with Crippen LogP contribution >= 0.6 is 0 Å². The van der Waals surface area contributed by atoms with E-state index in [1.807, 2.05) is 38.1 Å². The molecule has 0 aliphatic rings. The van der Waals surface area contributed by atoms with Crippen LogP contribution < -0.4 is 5.32 Å². The van der Waals surface area contributed by atoms with Gasteiger partial charge in [0.1, 0.15) is 9.84 Å². The van der Waals surface area contributed by atoms with Gasteiger partial charge in [0.25, 0.3) is 0 Å². The molecule has 1 unspecified atom stereocenters. The number of benzene rings is 1. The monoisotopic (exact) mass is 333 g/mol. The van der Waals surface area contributed by atoms with E-state index in [1.165, 1.54) is 0 Å². The molecule has 0 radical (unpaired) electrons. The molecule has 1 N–H and O–H groups in total. The first-order valence-electron chi connectivity index (χ1n) is 6.81. The molecular formula is C14H23NO4S2. The zero-order valence-corrected chi connectivity index (χ0v) is 14.3. The molecule has 1 atom stereocenters. The molecule has 0 heterocycles. The van der Waals surface area contributed by atoms with Crippen molar-refractivity contribution in [3.63, 3.8) is 0 Å². The summed E-state index contributed by atoms with van der Waals surface area (Å²) in [5.74, 6) is -0.763. The Balaban J connectivity index is 2.85. The fourth-order valence-corrected chi connectivity index (χ4v) is 5.15. The van der Waals surface area contributed by atoms with Crippen LogP contribution in [0.25, 0.3) is 0 Å². The van der Waals surface area contributed by atoms with Crippen molar-refractivity contribution >= 4 is 19.7 Å². The molecule has 120 valence electrons. The summed E-state index contributed by atoms with van der Waals surface area (Å²) in [5, 5.41) is 3.14. The van der Waals surface area contributed by atoms with Crippen LogP contribution in [0.4, 0.5) is 0 Å². The van der Waals surface area contributed by atoms with Gasteiger partial charge in [-0.15, -0.1) is 0 Å². The largest absolute Gasteiger partial charge is 0.309 e. The van der Waals surface area contributed by atoms with Crippen LogP contribution in [-0.4, -0.2) is 46.9 Å². The Kier molecular flexibility index (Phi) is 6.37. The molecule has 0 aliphatic carbocycles. The lowest BCUT2D eigenvalue weighted by atomic mass is 10.1. The van der Waals surface area contributed by atoms with E-state index in [-0.39, 0.29) is 23.3 Å². The molecule has 5 nitrogen and oxygen atoms in total. The first-order chi connectivity index (χ1) is 9.63. The molecule has 7 heteroatoms. The van der Waals surface area contributed by atoms with Crippen LogP contribution in [-0.2, 0) is 19.7 Å². The Hall–Kier alpha value is -0.920. The number of rotatable bonds is 8. The maximum Gasteiger partial charge on any atom is 0.153 e. The van der Waals surface area contributed by atoms with Gasteiger partial charge in [-0.05, 0) is 19.0 Å². The molecule has 1 rings (SSSR count). The smallest absolute Gasteiger partial charge is 0.153 e. The quantitative estimate of drug-likeness (QED) is 0.771. The van der Waals surface area contributed by atoms with E-state index in [0.29, 0.717) is 6.54 Å². The highest BCUT2D eigenvalue weighted by Crippen LogP contribution is 2.16. The molecule has 0 saturated carbocycles. The standard InChI is InChI=1S/C14H23NO4S2/c1-4-15-14(13-7-5-12(2)6-8-13)11-21(18,19)10-9-20(3,16)17/h5-8,14-15H,4,9-11H2,1-3H3. The third-order valence-electron chi connectivity index (χ3n) is 3.12. The SMILES string of the molecule is CCNC(CS(=O)(=O)CCS(C)(=O)=O)c1ccc(C)cc1. The van der Waals surface area contributed by atoms with E-state index in [4.69, 9.17) is 0 Å². The number of hydrogen-bond acceptors (Lipinski definition) is 5. The Morgan fingerprint density at radius 2 is 1.62 bits per heavy atom. The lowest BCUT2D eigenvalue weighted by Crippen LogP contribution is -2.30. The van der Waals surface area contributed by atoms with Crippen molar-refractivity contribution in [2.24, 2.45) is 0 Å². The van der Waals surface area contributed by atoms with Crippen molar-refractivity contribution in [2.75, 3.05) is 30.1 Å². The molecule has 0 saturated heterocycles. The maximum absolute atomic E-state index is 12.1. The first kappa shape index (κ1) is 18.1. The third kappa shape index (κ3) is 7.06. The van der Waals surface area contributed by atoms with E-state index >= 15 is 0 Å². The normalized spacial score (nSPS) is 14.0. The van der Waals surface area contributed by atoms with Crippen molar-refractivity contribution in [3.05, 3.63) is 35.4 Å². The van der Waals surface area contributed by atoms with Gasteiger partial charge in [-0.1, -0.05) is 36.8 Å². The first-order valence-corrected chi connectivity index (χ1v) is 10.7. The Morgan fingerprint density at radius 1 is 1.05 bits per heavy atom. The summed E-state index contributed by atoms with van der Waals surface area (Å²) in [4.78, 5) is 0. The Morgan fingerprint density at radius 3 is 2.10 bits per heavy atom. The predicted octanol–water partition coefficient (Wildman–Crippen LogP) is 1.11. The van der Waals surface area contributed by atoms with Crippen LogP contribution in [0.5, 0.6) is 0 Å². The van der Waals surface area contributed by atoms with Crippen LogP contribution in [0.1, 0.15) is 24.1 Å². The van der Waals surface area contributed by atoms with Gasteiger partial charge < -0.3 is 5.32 Å². The lowest BCUT2D eigenvalue weighted by molar-refractivity contribution is 0.558. The second-order valence-electron chi connectivity index (χ2n) is 5.27. The molecule has 0 aliphatic heterocycles. The van der Waals surface area contributed by atoms with E-state index < -0.39 is 19.7 Å². The second-order valence-corrected chi connectivity index (χ2v) is 9.75. The molecule has 0 spiro atoms. The molecule has 1 aromatic rings. The lowest BCUT2D eigenvalue weighted by Gasteiger charge is -2.18. The number of nitrogens with one attached hydrogen (secondary N) is 1. The minimum Gasteiger partial charge on any atom is -0.309 e. The summed E-state index contributed by atoms with van der Waals surface area (Å²) in [7, 11) is -6.71. The van der Waals surface area contributed by atoms with Crippen LogP contribution in [0, 0.1) is 6.92 Å².